The molecule has 19 rings (SSSR count). The van der Waals surface area contributed by atoms with Crippen LogP contribution in [-0.2, 0) is 0 Å². The first kappa shape index (κ1) is 105. The molecule has 19 aromatic heterocycles. The van der Waals surface area contributed by atoms with Crippen LogP contribution in [0.4, 0.5) is 0 Å². The Hall–Kier alpha value is -13.6. The summed E-state index contributed by atoms with van der Waals surface area (Å²) in [6.45, 7) is 19.6. The summed E-state index contributed by atoms with van der Waals surface area (Å²) >= 11 is 15.8. The zero-order valence-electron chi connectivity index (χ0n) is 84.2. The van der Waals surface area contributed by atoms with Gasteiger partial charge in [0, 0.05) is 56.5 Å². The smallest absolute Gasteiger partial charge is 0.116 e. The highest BCUT2D eigenvalue weighted by Crippen LogP contribution is 2.43. The van der Waals surface area contributed by atoms with Crippen molar-refractivity contribution in [2.45, 2.75) is 164 Å². The molecule has 0 unspecified atom stereocenters. The highest BCUT2D eigenvalue weighted by Gasteiger charge is 2.25. The molecule has 0 aliphatic carbocycles. The minimum absolute atomic E-state index is 0.601. The van der Waals surface area contributed by atoms with Crippen LogP contribution in [0.25, 0.3) is 205 Å². The number of nitrogens with zero attached hydrogens (tertiary/aromatic N) is 27. The molecule has 150 heavy (non-hydrogen) atoms. The van der Waals surface area contributed by atoms with Crippen LogP contribution in [0, 0.1) is 0 Å². The Morgan fingerprint density at radius 2 is 0.240 bits per heavy atom. The molecule has 0 amide bonds. The summed E-state index contributed by atoms with van der Waals surface area (Å²) < 4.78 is 0. The molecule has 0 bridgehead atoms. The van der Waals surface area contributed by atoms with E-state index in [1.807, 2.05) is 84.9 Å². The van der Waals surface area contributed by atoms with Gasteiger partial charge in [-0.05, 0) is 292 Å². The largest absolute Gasteiger partial charge is 0.255 e. The molecule has 27 nitrogen and oxygen atoms in total. The molecular weight excluding hydrogens is 2040 g/mol. The maximum atomic E-state index is 5.38. The van der Waals surface area contributed by atoms with E-state index < -0.39 is 0 Å². The minimum Gasteiger partial charge on any atom is -0.255 e. The fourth-order valence-corrected chi connectivity index (χ4v) is 23.2. The molecule has 0 atom stereocenters. The second-order valence-electron chi connectivity index (χ2n) is 34.5. The van der Waals surface area contributed by atoms with Crippen molar-refractivity contribution >= 4 is 106 Å². The summed E-state index contributed by atoms with van der Waals surface area (Å²) in [5.74, 6) is 8.13. The first-order chi connectivity index (χ1) is 73.8. The molecule has 0 saturated heterocycles. The molecule has 0 N–H and O–H groups in total. The second kappa shape index (κ2) is 51.8. The van der Waals surface area contributed by atoms with Crippen molar-refractivity contribution in [3.63, 3.8) is 0 Å². The third-order valence-corrected chi connectivity index (χ3v) is 33.5. The van der Waals surface area contributed by atoms with E-state index in [9.17, 15) is 0 Å². The Morgan fingerprint density at radius 3 is 0.340 bits per heavy atom. The molecule has 0 spiro atoms. The van der Waals surface area contributed by atoms with Gasteiger partial charge < -0.3 is 0 Å². The summed E-state index contributed by atoms with van der Waals surface area (Å²) in [4.78, 5) is 144. The van der Waals surface area contributed by atoms with Crippen LogP contribution < -0.4 is 0 Å². The van der Waals surface area contributed by atoms with Gasteiger partial charge >= 0.3 is 0 Å². The van der Waals surface area contributed by atoms with Crippen LogP contribution >= 0.6 is 106 Å². The van der Waals surface area contributed by atoms with Crippen LogP contribution in [-0.4, -0.2) is 186 Å². The molecule has 0 aromatic carbocycles. The Bertz CT molecular complexity index is 7310. The highest BCUT2D eigenvalue weighted by molar-refractivity contribution is 8.01. The van der Waals surface area contributed by atoms with Gasteiger partial charge in [-0.1, -0.05) is 74.4 Å². The Morgan fingerprint density at radius 1 is 0.127 bits per heavy atom. The number of rotatable bonds is 45. The number of aromatic nitrogens is 27. The van der Waals surface area contributed by atoms with E-state index in [4.69, 9.17) is 125 Å². The van der Waals surface area contributed by atoms with E-state index in [2.05, 4.69) is 181 Å². The van der Waals surface area contributed by atoms with Crippen molar-refractivity contribution in [1.29, 1.82) is 0 Å². The van der Waals surface area contributed by atoms with Crippen LogP contribution in [0.2, 0.25) is 0 Å². The topological polar surface area (TPSA) is 348 Å². The Labute approximate surface area is 910 Å². The van der Waals surface area contributed by atoms with Gasteiger partial charge in [0.2, 0.25) is 0 Å². The van der Waals surface area contributed by atoms with E-state index in [0.29, 0.717) is 171 Å². The number of hydrogen-bond acceptors (Lipinski definition) is 36. The summed E-state index contributed by atoms with van der Waals surface area (Å²) in [5.41, 5.74) is 23.6. The zero-order valence-corrected chi connectivity index (χ0v) is 91.6. The van der Waals surface area contributed by atoms with Crippen molar-refractivity contribution in [3.05, 3.63) is 257 Å². The maximum Gasteiger partial charge on any atom is 0.116 e. The van der Waals surface area contributed by atoms with Gasteiger partial charge in [-0.2, -0.15) is 0 Å². The lowest BCUT2D eigenvalue weighted by atomic mass is 10.1. The monoisotopic (exact) mass is 2140 g/mol. The van der Waals surface area contributed by atoms with Gasteiger partial charge in [0.15, 0.2) is 0 Å². The van der Waals surface area contributed by atoms with E-state index >= 15 is 0 Å². The van der Waals surface area contributed by atoms with E-state index in [1.54, 1.807) is 169 Å². The highest BCUT2D eigenvalue weighted by atomic mass is 32.2. The van der Waals surface area contributed by atoms with Gasteiger partial charge in [-0.3, -0.25) is 9.97 Å². The number of pyridine rings is 11. The summed E-state index contributed by atoms with van der Waals surface area (Å²) in [6.07, 6.45) is 25.0. The van der Waals surface area contributed by atoms with Crippen molar-refractivity contribution in [1.82, 2.24) is 135 Å². The van der Waals surface area contributed by atoms with Crippen molar-refractivity contribution < 1.29 is 0 Å². The normalized spacial score (nSPS) is 11.4. The minimum atomic E-state index is 0.601. The summed E-state index contributed by atoms with van der Waals surface area (Å²) in [6, 6.07) is 65.0. The van der Waals surface area contributed by atoms with Crippen molar-refractivity contribution in [3.8, 4) is 205 Å². The average Bonchev–Trinajstić information content (AvgIpc) is 0.771. The van der Waals surface area contributed by atoms with Gasteiger partial charge in [-0.15, -0.1) is 106 Å². The third kappa shape index (κ3) is 26.9. The van der Waals surface area contributed by atoms with E-state index in [-0.39, 0.29) is 0 Å². The molecule has 0 fully saturated rings. The van der Waals surface area contributed by atoms with Gasteiger partial charge in [0.1, 0.15) is 50.6 Å². The fourth-order valence-electron chi connectivity index (χ4n) is 15.8. The van der Waals surface area contributed by atoms with E-state index in [1.165, 1.54) is 0 Å². The predicted molar refractivity (Wildman–Crippen MR) is 614 cm³/mol. The molecule has 36 heteroatoms. The molecule has 19 aromatic rings. The van der Waals surface area contributed by atoms with Crippen molar-refractivity contribution in [2.24, 2.45) is 0 Å². The van der Waals surface area contributed by atoms with Crippen molar-refractivity contribution in [2.75, 3.05) is 51.8 Å². The maximum absolute atomic E-state index is 5.38. The molecule has 0 aliphatic heterocycles. The Balaban J connectivity index is 0.601. The molecule has 0 saturated carbocycles. The average molecular weight is 2140 g/mol. The van der Waals surface area contributed by atoms with Crippen LogP contribution in [0.5, 0.6) is 0 Å². The Kier molecular flexibility index (Phi) is 36.2. The lowest BCUT2D eigenvalue weighted by Crippen LogP contribution is -2.00. The first-order valence-electron chi connectivity index (χ1n) is 50.1. The quantitative estimate of drug-likeness (QED) is 0.0320. The second-order valence-corrected chi connectivity index (χ2v) is 45.0. The third-order valence-electron chi connectivity index (χ3n) is 22.8. The number of hydrogen-bond donors (Lipinski definition) is 0. The molecule has 750 valence electrons. The fraction of sp³-hybridized carbons (Fsp3) is 0.237. The SMILES string of the molecule is CCCSc1cc(-c2ccccn2)nc(-c2cc(-c3cc(SCCC)cc(-c4cc(-c5cc(SCCC)cc(-c6cc(-c7cc(SCCC)cc(-c8cc(-c9cc(SCCC)cc(-c%10cc(-c%11cc(SCCC)cc(-c%12cc(-c%13cc(SCCC)cc(-c%14cc(-c%15cc(SCCC)cc(-c%16cc(-c%17cc(SCCC)cc(-c%18ccccn%18)n%17)ncn%16)n%15)ncn%14)n%13)ncn%12)n%11)ncn%10)n9)ncn8)n7)ncn6)n5)ncn4)n3)ncn2)c1. The summed E-state index contributed by atoms with van der Waals surface area (Å²) in [5, 5.41) is 0. The van der Waals surface area contributed by atoms with E-state index in [0.717, 1.165) is 188 Å². The number of thioether (sulfide) groups is 9. The zero-order chi connectivity index (χ0) is 103. The lowest BCUT2D eigenvalue weighted by molar-refractivity contribution is 1.09. The lowest BCUT2D eigenvalue weighted by Gasteiger charge is -2.12. The van der Waals surface area contributed by atoms with Crippen LogP contribution in [0.15, 0.2) is 301 Å². The van der Waals surface area contributed by atoms with Gasteiger partial charge in [-0.25, -0.2) is 125 Å². The molecule has 19 heterocycles. The summed E-state index contributed by atoms with van der Waals surface area (Å²) in [7, 11) is 0. The van der Waals surface area contributed by atoms with Gasteiger partial charge in [0.05, 0.1) is 205 Å². The standard InChI is InChI=1S/C114H105N27S9/c1-10-27-142-70-36-97(79-23-19-21-25-115-79)133-99(38-70)81-54-83(119-62-117-81)101-40-72(144-29-12-3)42-103(135-101)85-56-87(123-64-121-85)105-44-74(146-31-14-5)46-107(137-105)89-58-91(127-66-125-89)109-48-76(148-33-16-7)50-111(139-109)93-60-95(131-68-129-93)113-52-78(150-35-18-9)53-114(141-113)96-61-94(130-69-132-96)112-51-77(149-34-17-8)49-110(140-112)92-59-90(126-67-128-92)108-47-75(147-32-15-6)45-106(138-108)88-57-86(122-65-124-88)104-43-73(145-30-13-4)41-102(136-104)84-55-82(118-63-120-84)100-39-71(143-28-11-2)37-98(134-100)80-24-20-22-26-116-80/h19-26,36-69H,10-18,27-35H2,1-9H3. The predicted octanol–water partition coefficient (Wildman–Crippen LogP) is 28.9. The van der Waals surface area contributed by atoms with Crippen LogP contribution in [0.1, 0.15) is 120 Å². The van der Waals surface area contributed by atoms with Gasteiger partial charge in [0.25, 0.3) is 0 Å². The molecule has 0 aliphatic rings. The first-order valence-corrected chi connectivity index (χ1v) is 59.0. The van der Waals surface area contributed by atoms with Crippen LogP contribution in [0.3, 0.4) is 0 Å². The molecular formula is C114H105N27S9. The molecule has 0 radical (unpaired) electrons.